The number of ketones is 2. The molecule has 0 amide bonds. The molecule has 0 bridgehead atoms. The number of ether oxygens (including phenoxy) is 1. The molecule has 4 rings (SSSR count). The Bertz CT molecular complexity index is 1300. The third-order valence-corrected chi connectivity index (χ3v) is 5.96. The highest BCUT2D eigenvalue weighted by Crippen LogP contribution is 2.34. The number of hydrogen-bond acceptors (Lipinski definition) is 6. The van der Waals surface area contributed by atoms with E-state index in [0.717, 1.165) is 11.3 Å². The first kappa shape index (κ1) is 23.1. The molecule has 0 radical (unpaired) electrons. The number of halogens is 2. The van der Waals surface area contributed by atoms with Crippen molar-refractivity contribution < 1.29 is 27.9 Å². The third-order valence-electron chi connectivity index (χ3n) is 4.96. The van der Waals surface area contributed by atoms with Crippen molar-refractivity contribution in [1.29, 1.82) is 0 Å². The minimum Gasteiger partial charge on any atom is -0.462 e. The number of carbonyl (C=O) groups is 3. The van der Waals surface area contributed by atoms with Gasteiger partial charge in [0.05, 0.1) is 12.8 Å². The van der Waals surface area contributed by atoms with Gasteiger partial charge in [-0.3, -0.25) is 9.59 Å². The van der Waals surface area contributed by atoms with E-state index in [1.54, 1.807) is 13.0 Å². The number of nitrogens with zero attached hydrogens (tertiary/aromatic N) is 1. The summed E-state index contributed by atoms with van der Waals surface area (Å²) in [6.45, 7) is 1.86. The van der Waals surface area contributed by atoms with E-state index in [2.05, 4.69) is 4.98 Å². The van der Waals surface area contributed by atoms with Crippen molar-refractivity contribution >= 4 is 28.9 Å². The molecule has 0 aliphatic carbocycles. The monoisotopic (exact) mass is 477 g/mol. The predicted molar refractivity (Wildman–Crippen MR) is 123 cm³/mol. The highest BCUT2D eigenvalue weighted by molar-refractivity contribution is 7.16. The molecule has 0 aliphatic heterocycles. The highest BCUT2D eigenvalue weighted by Gasteiger charge is 2.25. The van der Waals surface area contributed by atoms with Crippen LogP contribution in [0.4, 0.5) is 8.78 Å². The van der Waals surface area contributed by atoms with E-state index in [4.69, 9.17) is 4.74 Å². The summed E-state index contributed by atoms with van der Waals surface area (Å²) in [6, 6.07) is 14.7. The van der Waals surface area contributed by atoms with Crippen LogP contribution in [0.15, 0.2) is 72.9 Å². The molecule has 0 N–H and O–H groups in total. The molecule has 34 heavy (non-hydrogen) atoms. The number of benzene rings is 3. The maximum Gasteiger partial charge on any atom is 0.349 e. The lowest BCUT2D eigenvalue weighted by atomic mass is 9.91. The third kappa shape index (κ3) is 4.67. The fourth-order valence-corrected chi connectivity index (χ4v) is 4.24. The van der Waals surface area contributed by atoms with Crippen LogP contribution in [0.1, 0.15) is 48.4 Å². The zero-order chi connectivity index (χ0) is 24.2. The summed E-state index contributed by atoms with van der Waals surface area (Å²) in [6.07, 6.45) is 1.32. The molecule has 0 spiro atoms. The Hall–Kier alpha value is -4.04. The van der Waals surface area contributed by atoms with Gasteiger partial charge in [-0.2, -0.15) is 0 Å². The molecule has 8 heteroatoms. The van der Waals surface area contributed by atoms with Crippen LogP contribution >= 0.6 is 11.3 Å². The fourth-order valence-electron chi connectivity index (χ4n) is 3.36. The van der Waals surface area contributed by atoms with E-state index < -0.39 is 29.2 Å². The van der Waals surface area contributed by atoms with Crippen LogP contribution in [0.5, 0.6) is 0 Å². The molecule has 5 nitrogen and oxygen atoms in total. The lowest BCUT2D eigenvalue weighted by Crippen LogP contribution is -2.10. The van der Waals surface area contributed by atoms with Gasteiger partial charge >= 0.3 is 5.97 Å². The molecule has 0 aliphatic rings. The number of thiazole rings is 1. The van der Waals surface area contributed by atoms with Crippen LogP contribution in [-0.4, -0.2) is 29.1 Å². The number of carbonyl (C=O) groups excluding carboxylic acids is 3. The van der Waals surface area contributed by atoms with E-state index in [0.29, 0.717) is 0 Å². The van der Waals surface area contributed by atoms with Crippen LogP contribution in [-0.2, 0) is 4.74 Å². The molecule has 0 unspecified atom stereocenters. The largest absolute Gasteiger partial charge is 0.462 e. The van der Waals surface area contributed by atoms with Gasteiger partial charge in [0.25, 0.3) is 0 Å². The Morgan fingerprint density at radius 2 is 1.32 bits per heavy atom. The van der Waals surface area contributed by atoms with Crippen molar-refractivity contribution in [3.8, 4) is 10.6 Å². The first-order valence-electron chi connectivity index (χ1n) is 10.3. The summed E-state index contributed by atoms with van der Waals surface area (Å²) in [7, 11) is 0. The summed E-state index contributed by atoms with van der Waals surface area (Å²) in [5, 5.41) is 0.263. The molecular weight excluding hydrogens is 460 g/mol. The van der Waals surface area contributed by atoms with Gasteiger partial charge in [0.1, 0.15) is 21.5 Å². The van der Waals surface area contributed by atoms with Crippen molar-refractivity contribution in [2.24, 2.45) is 0 Å². The summed E-state index contributed by atoms with van der Waals surface area (Å²) < 4.78 is 31.8. The Morgan fingerprint density at radius 1 is 0.824 bits per heavy atom. The van der Waals surface area contributed by atoms with Crippen molar-refractivity contribution in [2.45, 2.75) is 6.92 Å². The Morgan fingerprint density at radius 3 is 1.79 bits per heavy atom. The molecular formula is C26H17F2NO4S. The van der Waals surface area contributed by atoms with E-state index >= 15 is 0 Å². The standard InChI is InChI=1S/C26H17F2NO4S/c1-2-33-26(32)21-14-29-25(34-21)22-19(23(30)15-6-10-17(27)11-7-15)4-3-5-20(22)24(31)16-8-12-18(28)13-9-16/h3-14H,2H2,1H3. The average molecular weight is 477 g/mol. The maximum absolute atomic E-state index is 13.4. The lowest BCUT2D eigenvalue weighted by molar-refractivity contribution is 0.0531. The zero-order valence-corrected chi connectivity index (χ0v) is 18.7. The van der Waals surface area contributed by atoms with Gasteiger partial charge in [0.2, 0.25) is 0 Å². The molecule has 170 valence electrons. The highest BCUT2D eigenvalue weighted by atomic mass is 32.1. The average Bonchev–Trinajstić information content (AvgIpc) is 3.34. The molecule has 0 atom stereocenters. The number of aromatic nitrogens is 1. The first-order valence-corrected chi connectivity index (χ1v) is 11.1. The van der Waals surface area contributed by atoms with E-state index in [1.807, 2.05) is 0 Å². The molecule has 1 aromatic heterocycles. The van der Waals surface area contributed by atoms with Gasteiger partial charge in [-0.05, 0) is 55.5 Å². The van der Waals surface area contributed by atoms with E-state index in [-0.39, 0.29) is 44.3 Å². The van der Waals surface area contributed by atoms with Crippen LogP contribution in [0.3, 0.4) is 0 Å². The van der Waals surface area contributed by atoms with E-state index in [9.17, 15) is 23.2 Å². The number of esters is 1. The van der Waals surface area contributed by atoms with Gasteiger partial charge in [0, 0.05) is 27.8 Å². The summed E-state index contributed by atoms with van der Waals surface area (Å²) in [5.74, 6) is -2.44. The molecule has 3 aromatic carbocycles. The Kier molecular flexibility index (Phi) is 6.70. The number of rotatable bonds is 7. The molecule has 0 saturated heterocycles. The Balaban J connectivity index is 1.88. The maximum atomic E-state index is 13.4. The van der Waals surface area contributed by atoms with Crippen molar-refractivity contribution in [3.63, 3.8) is 0 Å². The fraction of sp³-hybridized carbons (Fsp3) is 0.0769. The second-order valence-electron chi connectivity index (χ2n) is 7.15. The number of hydrogen-bond donors (Lipinski definition) is 0. The topological polar surface area (TPSA) is 73.3 Å². The lowest BCUT2D eigenvalue weighted by Gasteiger charge is -2.12. The normalized spacial score (nSPS) is 10.7. The predicted octanol–water partition coefficient (Wildman–Crippen LogP) is 5.73. The first-order chi connectivity index (χ1) is 16.4. The van der Waals surface area contributed by atoms with Crippen LogP contribution in [0.2, 0.25) is 0 Å². The minimum atomic E-state index is -0.569. The van der Waals surface area contributed by atoms with Gasteiger partial charge in [0.15, 0.2) is 11.6 Å². The summed E-state index contributed by atoms with van der Waals surface area (Å²) in [4.78, 5) is 43.4. The second kappa shape index (κ2) is 9.84. The zero-order valence-electron chi connectivity index (χ0n) is 17.9. The second-order valence-corrected chi connectivity index (χ2v) is 8.18. The van der Waals surface area contributed by atoms with Gasteiger partial charge < -0.3 is 4.74 Å². The SMILES string of the molecule is CCOC(=O)c1cnc(-c2c(C(=O)c3ccc(F)cc3)cccc2C(=O)c2ccc(F)cc2)s1. The van der Waals surface area contributed by atoms with Gasteiger partial charge in [-0.25, -0.2) is 18.6 Å². The van der Waals surface area contributed by atoms with Crippen molar-refractivity contribution in [3.05, 3.63) is 112 Å². The summed E-state index contributed by atoms with van der Waals surface area (Å²) in [5.41, 5.74) is 0.979. The molecule has 4 aromatic rings. The molecule has 1 heterocycles. The minimum absolute atomic E-state index is 0.157. The smallest absolute Gasteiger partial charge is 0.349 e. The Labute approximate surface area is 197 Å². The van der Waals surface area contributed by atoms with Crippen LogP contribution in [0, 0.1) is 11.6 Å². The van der Waals surface area contributed by atoms with E-state index in [1.165, 1.54) is 66.9 Å². The van der Waals surface area contributed by atoms with Crippen LogP contribution < -0.4 is 0 Å². The molecule has 0 saturated carbocycles. The van der Waals surface area contributed by atoms with Gasteiger partial charge in [-0.15, -0.1) is 11.3 Å². The van der Waals surface area contributed by atoms with Crippen molar-refractivity contribution in [1.82, 2.24) is 4.98 Å². The van der Waals surface area contributed by atoms with Gasteiger partial charge in [-0.1, -0.05) is 18.2 Å². The van der Waals surface area contributed by atoms with Crippen molar-refractivity contribution in [2.75, 3.05) is 6.61 Å². The molecule has 0 fully saturated rings. The summed E-state index contributed by atoms with van der Waals surface area (Å²) >= 11 is 0.982. The van der Waals surface area contributed by atoms with Crippen LogP contribution in [0.25, 0.3) is 10.6 Å². The quantitative estimate of drug-likeness (QED) is 0.251.